The number of esters is 3. The van der Waals surface area contributed by atoms with Crippen molar-refractivity contribution in [3.8, 4) is 0 Å². The van der Waals surface area contributed by atoms with Crippen molar-refractivity contribution in [3.63, 3.8) is 0 Å². The second-order valence-corrected chi connectivity index (χ2v) is 24.0. The van der Waals surface area contributed by atoms with E-state index in [2.05, 4.69) is 65.1 Å². The number of hydrogen-bond acceptors (Lipinski definition) is 22. The summed E-state index contributed by atoms with van der Waals surface area (Å²) in [6.45, 7) is 23.1. The largest absolute Gasteiger partial charge is 0.478 e. The first-order chi connectivity index (χ1) is 51.5. The van der Waals surface area contributed by atoms with Crippen LogP contribution < -0.4 is 0 Å². The summed E-state index contributed by atoms with van der Waals surface area (Å²) in [5, 5.41) is 11.6. The molecule has 27 nitrogen and oxygen atoms in total. The zero-order valence-electron chi connectivity index (χ0n) is 61.7. The number of amides is 1. The van der Waals surface area contributed by atoms with Gasteiger partial charge in [0.2, 0.25) is 0 Å². The zero-order chi connectivity index (χ0) is 78.4. The molecule has 4 aliphatic rings. The highest BCUT2D eigenvalue weighted by Crippen LogP contribution is 2.27. The molecule has 0 unspecified atom stereocenters. The predicted octanol–water partition coefficient (Wildman–Crippen LogP) is 13.0. The summed E-state index contributed by atoms with van der Waals surface area (Å²) < 4.78 is 27.9. The Morgan fingerprint density at radius 3 is 1.47 bits per heavy atom. The highest BCUT2D eigenvalue weighted by Gasteiger charge is 2.27. The summed E-state index contributed by atoms with van der Waals surface area (Å²) in [7, 11) is 4.75. The Morgan fingerprint density at radius 2 is 1.03 bits per heavy atom. The van der Waals surface area contributed by atoms with Crippen LogP contribution in [0.5, 0.6) is 0 Å². The lowest BCUT2D eigenvalue weighted by Crippen LogP contribution is -2.29. The molecule has 1 amide bonds. The van der Waals surface area contributed by atoms with Crippen molar-refractivity contribution in [1.82, 2.24) is 49.1 Å². The zero-order valence-corrected chi connectivity index (χ0v) is 64.1. The molecule has 13 rings (SSSR count). The SMILES string of the molecule is CCOC.CCOC(=O)C1=Cc2cccnc2C1.CCOC(=O)c1cc2cccnc2n1C(=O)OC(C)(C)C.CCn1c(C=O)cc2cccnc21.CON(C)C(=O)C1=Cc2cccnc2C1.Cl.O=C(O)C1=Cc2cccnc2C1.O=CC1=Cc2cccnc2C1.O=Cc1cccnc1Br.[C-]#[N+]CC(=O)OCC. The number of methoxy groups -OCH3 is 1. The number of halogens is 2. The van der Waals surface area contributed by atoms with Gasteiger partial charge < -0.3 is 38.2 Å². The average Bonchev–Trinajstić information content (AvgIpc) is 1.62. The Bertz CT molecular complexity index is 4740. The molecule has 0 bridgehead atoms. The number of aldehydes is 3. The second kappa shape index (κ2) is 46.1. The van der Waals surface area contributed by atoms with E-state index in [1.807, 2.05) is 97.3 Å². The van der Waals surface area contributed by atoms with Crippen LogP contribution in [-0.4, -0.2) is 169 Å². The Labute approximate surface area is 640 Å². The summed E-state index contributed by atoms with van der Waals surface area (Å²) in [4.78, 5) is 136. The topological polar surface area (TPSA) is 337 Å². The lowest BCUT2D eigenvalue weighted by Gasteiger charge is -2.20. The van der Waals surface area contributed by atoms with E-state index < -0.39 is 29.6 Å². The number of hydrogen-bond donors (Lipinski definition) is 1. The summed E-state index contributed by atoms with van der Waals surface area (Å²) in [6, 6.07) is 29.3. The molecule has 4 aliphatic carbocycles. The third-order valence-corrected chi connectivity index (χ3v) is 15.4. The number of aromatic nitrogens is 9. The molecule has 566 valence electrons. The minimum Gasteiger partial charge on any atom is -0.478 e. The number of aryl methyl sites for hydroxylation is 1. The maximum atomic E-state index is 12.4. The van der Waals surface area contributed by atoms with Crippen LogP contribution in [0.3, 0.4) is 0 Å². The van der Waals surface area contributed by atoms with E-state index in [-0.39, 0.29) is 43.1 Å². The van der Waals surface area contributed by atoms with Crippen molar-refractivity contribution in [2.45, 2.75) is 93.2 Å². The number of hydroxylamine groups is 2. The van der Waals surface area contributed by atoms with Crippen LogP contribution in [0.4, 0.5) is 4.79 Å². The van der Waals surface area contributed by atoms with Gasteiger partial charge in [0.05, 0.1) is 55.4 Å². The number of carbonyl (C=O) groups is 9. The minimum absolute atomic E-state index is 0. The van der Waals surface area contributed by atoms with Gasteiger partial charge in [-0.1, -0.05) is 24.3 Å². The van der Waals surface area contributed by atoms with Gasteiger partial charge in [-0.15, -0.1) is 12.4 Å². The molecule has 9 heterocycles. The Morgan fingerprint density at radius 1 is 0.574 bits per heavy atom. The monoisotopic (exact) mass is 1560 g/mol. The number of fused-ring (bicyclic) bond motifs is 6. The number of ether oxygens (including phenoxy) is 5. The van der Waals surface area contributed by atoms with Gasteiger partial charge in [0, 0.05) is 129 Å². The maximum absolute atomic E-state index is 12.4. The normalized spacial score (nSPS) is 11.6. The predicted molar refractivity (Wildman–Crippen MR) is 412 cm³/mol. The van der Waals surface area contributed by atoms with Crippen LogP contribution in [-0.2, 0) is 84.7 Å². The molecular weight excluding hydrogens is 1470 g/mol. The molecule has 0 radical (unpaired) electrons. The van der Waals surface area contributed by atoms with E-state index >= 15 is 0 Å². The highest BCUT2D eigenvalue weighted by molar-refractivity contribution is 9.10. The molecular formula is C79H85BrClN11O16. The average molecular weight is 1560 g/mol. The second-order valence-electron chi connectivity index (χ2n) is 23.3. The van der Waals surface area contributed by atoms with Crippen molar-refractivity contribution in [2.75, 3.05) is 54.2 Å². The number of pyridine rings is 7. The number of carboxylic acids is 1. The molecule has 0 saturated carbocycles. The summed E-state index contributed by atoms with van der Waals surface area (Å²) in [5.41, 5.74) is 12.4. The van der Waals surface area contributed by atoms with Gasteiger partial charge >= 0.3 is 36.5 Å². The van der Waals surface area contributed by atoms with Crippen LogP contribution in [0.1, 0.15) is 132 Å². The molecule has 0 fully saturated rings. The first-order valence-corrected chi connectivity index (χ1v) is 34.3. The number of allylic oxidation sites excluding steroid dienone is 1. The highest BCUT2D eigenvalue weighted by atomic mass is 79.9. The fourth-order valence-corrected chi connectivity index (χ4v) is 10.1. The van der Waals surface area contributed by atoms with Crippen LogP contribution in [0.25, 0.3) is 51.2 Å². The number of likely N-dealkylation sites (N-methyl/N-ethyl adjacent to an activating group) is 1. The molecule has 0 saturated heterocycles. The quantitative estimate of drug-likeness (QED) is 0.0264. The first kappa shape index (κ1) is 88.5. The van der Waals surface area contributed by atoms with Gasteiger partial charge in [-0.05, 0) is 196 Å². The van der Waals surface area contributed by atoms with Crippen LogP contribution in [0.15, 0.2) is 167 Å². The molecule has 9 aromatic rings. The Hall–Kier alpha value is -11.9. The van der Waals surface area contributed by atoms with E-state index in [1.54, 1.807) is 142 Å². The first-order valence-electron chi connectivity index (χ1n) is 33.5. The third kappa shape index (κ3) is 27.2. The van der Waals surface area contributed by atoms with Gasteiger partial charge in [-0.3, -0.25) is 44.0 Å². The fraction of sp³-hybridized carbons (Fsp3) is 0.278. The van der Waals surface area contributed by atoms with Crippen molar-refractivity contribution >= 4 is 129 Å². The van der Waals surface area contributed by atoms with Crippen molar-refractivity contribution in [2.24, 2.45) is 0 Å². The Balaban J connectivity index is 0.000000262. The molecule has 108 heavy (non-hydrogen) atoms. The van der Waals surface area contributed by atoms with E-state index in [4.69, 9.17) is 30.7 Å². The van der Waals surface area contributed by atoms with Crippen LogP contribution in [0.2, 0.25) is 0 Å². The van der Waals surface area contributed by atoms with Crippen LogP contribution >= 0.6 is 28.3 Å². The van der Waals surface area contributed by atoms with Crippen molar-refractivity contribution in [1.29, 1.82) is 0 Å². The molecule has 9 aromatic heterocycles. The lowest BCUT2D eigenvalue weighted by atomic mass is 10.2. The standard InChI is InChI=1S/C15H18N2O4.C11H12N2O2.C11H11NO2.C10H10N2O.C9H7NO2.C9H7NO.C6H4BrNO.C5H7NO2.C3H8O.ClH/c1-5-20-13(18)11-9-10-7-6-8-16-12(10)17(11)14(19)21-15(2,3)4;1-13(15-2)11(14)9-6-8-4-3-5-12-10(8)7-9;1-2-14-11(13)9-6-8-4-3-5-12-10(8)7-9;1-2-12-9(7-13)6-8-4-3-5-11-10(8)12;11-9(12)7-4-6-2-1-3-10-8(6)5-7;11-6-7-4-8-2-1-3-10-9(8)5-7;7-6-5(4-9)2-1-3-8-6;1-3-8-5(7)4-6-2;1-3-4-2;/h6-9H,5H2,1-4H3;3-6H,7H2,1-2H3;3-6H,2,7H2,1H3;3-7H,2H2,1H3;1-4H,5H2,(H,11,12);1-4,6H,5H2;1-4H;3-4H2,1H3;3H2,1-2H3;1H. The van der Waals surface area contributed by atoms with Crippen molar-refractivity contribution in [3.05, 3.63) is 241 Å². The molecule has 0 spiro atoms. The number of nitrogens with zero attached hydrogens (tertiary/aromatic N) is 11. The molecule has 1 N–H and O–H groups in total. The van der Waals surface area contributed by atoms with Gasteiger partial charge in [-0.2, -0.15) is 0 Å². The lowest BCUT2D eigenvalue weighted by molar-refractivity contribution is -0.163. The smallest absolute Gasteiger partial charge is 0.420 e. The van der Waals surface area contributed by atoms with E-state index in [1.165, 1.54) is 12.2 Å². The van der Waals surface area contributed by atoms with Gasteiger partial charge in [-0.25, -0.2) is 55.1 Å². The van der Waals surface area contributed by atoms with Crippen LogP contribution in [0, 0.1) is 6.57 Å². The molecule has 29 heteroatoms. The van der Waals surface area contributed by atoms with Gasteiger partial charge in [0.15, 0.2) is 12.6 Å². The molecule has 0 aliphatic heterocycles. The minimum atomic E-state index is -0.854. The van der Waals surface area contributed by atoms with Crippen molar-refractivity contribution < 1.29 is 76.8 Å². The summed E-state index contributed by atoms with van der Waals surface area (Å²) in [5.74, 6) is -2.22. The maximum Gasteiger partial charge on any atom is 0.420 e. The summed E-state index contributed by atoms with van der Waals surface area (Å²) in [6.07, 6.45) is 23.3. The van der Waals surface area contributed by atoms with Gasteiger partial charge in [0.1, 0.15) is 33.5 Å². The number of carbonyl (C=O) groups excluding carboxylic acids is 8. The fourth-order valence-electron chi connectivity index (χ4n) is 9.79. The molecule has 0 aromatic carbocycles. The van der Waals surface area contributed by atoms with E-state index in [0.29, 0.717) is 82.5 Å². The third-order valence-electron chi connectivity index (χ3n) is 14.7. The molecule has 0 atom stereocenters. The number of carboxylic acid groups (broad SMARTS) is 1. The van der Waals surface area contributed by atoms with E-state index in [9.17, 15) is 43.2 Å². The summed E-state index contributed by atoms with van der Waals surface area (Å²) >= 11 is 3.11. The van der Waals surface area contributed by atoms with E-state index in [0.717, 1.165) is 98.2 Å². The Kier molecular flexibility index (Phi) is 37.8. The number of rotatable bonds is 14. The van der Waals surface area contributed by atoms with Gasteiger partial charge in [0.25, 0.3) is 5.91 Å². The number of aliphatic carboxylic acids is 1.